The largest absolute Gasteiger partial charge is 0.511 e. The zero-order valence-electron chi connectivity index (χ0n) is 25.5. The number of aromatic nitrogens is 6. The fourth-order valence-corrected chi connectivity index (χ4v) is 5.66. The second-order valence-corrected chi connectivity index (χ2v) is 11.0. The summed E-state index contributed by atoms with van der Waals surface area (Å²) in [5.41, 5.74) is 2.87. The van der Waals surface area contributed by atoms with Crippen LogP contribution in [-0.2, 0) is 20.8 Å². The van der Waals surface area contributed by atoms with Crippen molar-refractivity contribution >= 4 is 23.2 Å². The van der Waals surface area contributed by atoms with Crippen LogP contribution in [0.5, 0.6) is 6.01 Å². The van der Waals surface area contributed by atoms with Gasteiger partial charge in [0.05, 0.1) is 23.1 Å². The molecule has 3 aromatic carbocycles. The highest BCUT2D eigenvalue weighted by Gasteiger charge is 2.25. The van der Waals surface area contributed by atoms with Crippen molar-refractivity contribution in [2.75, 3.05) is 13.3 Å². The maximum absolute atomic E-state index is 15.8. The summed E-state index contributed by atoms with van der Waals surface area (Å²) in [7, 11) is 0. The predicted octanol–water partition coefficient (Wildman–Crippen LogP) is 6.41. The normalized spacial score (nSPS) is 14.1. The molecule has 0 bridgehead atoms. The fraction of sp³-hybridized carbons (Fsp3) is 0.333. The van der Waals surface area contributed by atoms with Crippen molar-refractivity contribution in [1.29, 1.82) is 0 Å². The summed E-state index contributed by atoms with van der Waals surface area (Å²) < 4.78 is 51.9. The number of benzene rings is 3. The Balaban J connectivity index is 1.26. The number of esters is 1. The molecule has 12 nitrogen and oxygen atoms in total. The number of carbonyl (C=O) groups excluding carboxylic acids is 2. The molecule has 0 amide bonds. The van der Waals surface area contributed by atoms with Crippen molar-refractivity contribution in [3.05, 3.63) is 77.6 Å². The Kier molecular flexibility index (Phi) is 9.64. The van der Waals surface area contributed by atoms with Crippen LogP contribution in [-0.4, -0.2) is 68.0 Å². The Morgan fingerprint density at radius 2 is 1.83 bits per heavy atom. The first-order valence-corrected chi connectivity index (χ1v) is 15.3. The second kappa shape index (κ2) is 14.4. The summed E-state index contributed by atoms with van der Waals surface area (Å²) in [6.07, 6.45) is 2.17. The van der Waals surface area contributed by atoms with Gasteiger partial charge in [-0.25, -0.2) is 18.4 Å². The highest BCUT2D eigenvalue weighted by Crippen LogP contribution is 2.32. The van der Waals surface area contributed by atoms with Crippen molar-refractivity contribution in [3.8, 4) is 28.5 Å². The van der Waals surface area contributed by atoms with Crippen LogP contribution in [0.2, 0.25) is 0 Å². The van der Waals surface area contributed by atoms with Crippen molar-refractivity contribution in [2.45, 2.75) is 58.0 Å². The Morgan fingerprint density at radius 3 is 2.57 bits per heavy atom. The van der Waals surface area contributed by atoms with Crippen molar-refractivity contribution in [1.82, 2.24) is 30.2 Å². The summed E-state index contributed by atoms with van der Waals surface area (Å²) in [5, 5.41) is 14.1. The first kappa shape index (κ1) is 31.6. The van der Waals surface area contributed by atoms with Crippen LogP contribution in [0, 0.1) is 5.82 Å². The molecular formula is C33H32F2N6O6. The Bertz CT molecular complexity index is 1860. The number of ether oxygens (including phenoxy) is 4. The number of hydrogen-bond donors (Lipinski definition) is 1. The molecular weight excluding hydrogens is 614 g/mol. The number of para-hydroxylation sites is 1. The number of carbonyl (C=O) groups is 2. The highest BCUT2D eigenvalue weighted by atomic mass is 19.1. The van der Waals surface area contributed by atoms with E-state index in [1.807, 2.05) is 24.3 Å². The van der Waals surface area contributed by atoms with Gasteiger partial charge in [-0.2, -0.15) is 10.2 Å². The number of nitrogens with zero attached hydrogens (tertiary/aromatic N) is 5. The summed E-state index contributed by atoms with van der Waals surface area (Å²) >= 11 is 0. The van der Waals surface area contributed by atoms with Crippen molar-refractivity contribution in [3.63, 3.8) is 0 Å². The molecule has 1 N–H and O–H groups in total. The molecule has 244 valence electrons. The van der Waals surface area contributed by atoms with E-state index in [1.165, 1.54) is 23.6 Å². The van der Waals surface area contributed by atoms with Crippen LogP contribution in [0.1, 0.15) is 54.9 Å². The van der Waals surface area contributed by atoms with Gasteiger partial charge in [0, 0.05) is 18.1 Å². The van der Waals surface area contributed by atoms with Crippen LogP contribution in [0.4, 0.5) is 13.6 Å². The predicted molar refractivity (Wildman–Crippen MR) is 165 cm³/mol. The van der Waals surface area contributed by atoms with Gasteiger partial charge in [0.1, 0.15) is 25.2 Å². The summed E-state index contributed by atoms with van der Waals surface area (Å²) in [6, 6.07) is 16.7. The molecule has 1 aliphatic carbocycles. The van der Waals surface area contributed by atoms with Gasteiger partial charge in [-0.1, -0.05) is 48.9 Å². The molecule has 2 heterocycles. The van der Waals surface area contributed by atoms with Crippen molar-refractivity contribution in [2.24, 2.45) is 0 Å². The van der Waals surface area contributed by atoms with Gasteiger partial charge in [-0.05, 0) is 60.2 Å². The molecule has 2 aromatic heterocycles. The molecule has 1 aliphatic rings. The molecule has 47 heavy (non-hydrogen) atoms. The minimum absolute atomic E-state index is 0.0100. The second-order valence-electron chi connectivity index (χ2n) is 11.0. The number of aromatic amines is 1. The number of H-pyrrole nitrogens is 1. The lowest BCUT2D eigenvalue weighted by Crippen LogP contribution is -2.26. The number of imidazole rings is 1. The van der Waals surface area contributed by atoms with Gasteiger partial charge in [0.15, 0.2) is 0 Å². The number of rotatable bonds is 11. The van der Waals surface area contributed by atoms with Crippen LogP contribution in [0.3, 0.4) is 0 Å². The lowest BCUT2D eigenvalue weighted by Gasteiger charge is -2.22. The number of halogens is 2. The number of fused-ring (bicyclic) bond motifs is 1. The molecule has 0 radical (unpaired) electrons. The van der Waals surface area contributed by atoms with E-state index in [-0.39, 0.29) is 41.9 Å². The van der Waals surface area contributed by atoms with Crippen LogP contribution in [0.25, 0.3) is 33.5 Å². The Labute approximate surface area is 268 Å². The minimum atomic E-state index is -1.26. The van der Waals surface area contributed by atoms with Gasteiger partial charge >= 0.3 is 12.1 Å². The standard InChI is InChI=1S/C33H32F2N6O6/c1-20(46-33(43)47-23-8-3-2-4-9-23)45-31(42)26-12-7-13-28-29(26)41(32(36-28)44-17-16-34)19-22-15-14-21(18-27(22)35)24-10-5-6-11-25(24)30-37-39-40-38-30/h5-7,10-15,18,20,23H,2-4,8-9,16-17,19H2,1H3,(H,37,38,39,40). The minimum Gasteiger partial charge on any atom is -0.462 e. The number of alkyl halides is 1. The summed E-state index contributed by atoms with van der Waals surface area (Å²) in [5.74, 6) is -0.993. The maximum Gasteiger partial charge on any atom is 0.511 e. The van der Waals surface area contributed by atoms with Crippen LogP contribution < -0.4 is 4.74 Å². The third-order valence-electron chi connectivity index (χ3n) is 7.82. The SMILES string of the molecule is CC(OC(=O)OC1CCCCC1)OC(=O)c1cccc2nc(OCCF)n(Cc3ccc(-c4ccccc4-c4nn[nH]n4)cc3F)c12. The monoisotopic (exact) mass is 646 g/mol. The zero-order chi connectivity index (χ0) is 32.8. The number of nitrogens with one attached hydrogen (secondary N) is 1. The smallest absolute Gasteiger partial charge is 0.462 e. The molecule has 14 heteroatoms. The van der Waals surface area contributed by atoms with E-state index in [1.54, 1.807) is 24.3 Å². The third kappa shape index (κ3) is 7.21. The van der Waals surface area contributed by atoms with E-state index in [2.05, 4.69) is 25.6 Å². The highest BCUT2D eigenvalue weighted by molar-refractivity contribution is 6.02. The number of tetrazole rings is 1. The molecule has 0 spiro atoms. The fourth-order valence-electron chi connectivity index (χ4n) is 5.66. The van der Waals surface area contributed by atoms with E-state index in [9.17, 15) is 14.0 Å². The van der Waals surface area contributed by atoms with Gasteiger partial charge < -0.3 is 18.9 Å². The lowest BCUT2D eigenvalue weighted by atomic mass is 9.98. The van der Waals surface area contributed by atoms with E-state index in [0.29, 0.717) is 28.0 Å². The van der Waals surface area contributed by atoms with Gasteiger partial charge in [0.25, 0.3) is 6.01 Å². The molecule has 0 aliphatic heterocycles. The molecule has 1 saturated carbocycles. The van der Waals surface area contributed by atoms with Gasteiger partial charge in [-0.3, -0.25) is 4.57 Å². The van der Waals surface area contributed by atoms with Gasteiger partial charge in [-0.15, -0.1) is 10.2 Å². The maximum atomic E-state index is 15.8. The third-order valence-corrected chi connectivity index (χ3v) is 7.82. The molecule has 1 unspecified atom stereocenters. The summed E-state index contributed by atoms with van der Waals surface area (Å²) in [4.78, 5) is 30.1. The first-order chi connectivity index (χ1) is 22.9. The molecule has 0 saturated heterocycles. The van der Waals surface area contributed by atoms with Crippen LogP contribution in [0.15, 0.2) is 60.7 Å². The Morgan fingerprint density at radius 1 is 1.02 bits per heavy atom. The van der Waals surface area contributed by atoms with Crippen molar-refractivity contribution < 1.29 is 37.3 Å². The zero-order valence-corrected chi connectivity index (χ0v) is 25.5. The van der Waals surface area contributed by atoms with Gasteiger partial charge in [0.2, 0.25) is 12.1 Å². The Hall–Kier alpha value is -5.40. The number of hydrogen-bond acceptors (Lipinski definition) is 10. The average molecular weight is 647 g/mol. The molecule has 1 atom stereocenters. The topological polar surface area (TPSA) is 143 Å². The van der Waals surface area contributed by atoms with Crippen LogP contribution >= 0.6 is 0 Å². The first-order valence-electron chi connectivity index (χ1n) is 15.3. The van der Waals surface area contributed by atoms with E-state index in [4.69, 9.17) is 18.9 Å². The van der Waals surface area contributed by atoms with E-state index >= 15 is 4.39 Å². The quantitative estimate of drug-likeness (QED) is 0.126. The van der Waals surface area contributed by atoms with E-state index in [0.717, 1.165) is 32.1 Å². The molecule has 6 rings (SSSR count). The molecule has 5 aromatic rings. The molecule has 1 fully saturated rings. The lowest BCUT2D eigenvalue weighted by molar-refractivity contribution is -0.0914. The van der Waals surface area contributed by atoms with E-state index < -0.39 is 30.9 Å². The average Bonchev–Trinajstić information content (AvgIpc) is 3.73. The summed E-state index contributed by atoms with van der Waals surface area (Å²) in [6.45, 7) is 0.208.